The molecule has 0 aliphatic heterocycles. The standard InChI is InChI=1S/C6H6N2O.Na.H/c7-6(9)5-2-1-3-8-4-5;;/h1-4H,(H2,7,9);;/q;+1;-1. The minimum absolute atomic E-state index is 0. The molecular weight excluding hydrogens is 139 g/mol. The van der Waals surface area contributed by atoms with E-state index in [4.69, 9.17) is 5.73 Å². The van der Waals surface area contributed by atoms with Gasteiger partial charge in [-0.25, -0.2) is 0 Å². The van der Waals surface area contributed by atoms with Crippen LogP contribution in [0.3, 0.4) is 0 Å². The summed E-state index contributed by atoms with van der Waals surface area (Å²) in [7, 11) is 0. The Morgan fingerprint density at radius 2 is 2.40 bits per heavy atom. The summed E-state index contributed by atoms with van der Waals surface area (Å²) >= 11 is 0. The van der Waals surface area contributed by atoms with E-state index in [1.54, 1.807) is 18.3 Å². The average Bonchev–Trinajstić information content (AvgIpc) is 1.90. The third-order valence-electron chi connectivity index (χ3n) is 0.946. The number of carbonyl (C=O) groups excluding carboxylic acids is 1. The Hall–Kier alpha value is -0.380. The molecule has 1 heterocycles. The quantitative estimate of drug-likeness (QED) is 0.438. The molecule has 0 aromatic carbocycles. The van der Waals surface area contributed by atoms with Crippen molar-refractivity contribution in [2.75, 3.05) is 0 Å². The van der Waals surface area contributed by atoms with Crippen LogP contribution in [0.1, 0.15) is 11.8 Å². The van der Waals surface area contributed by atoms with E-state index >= 15 is 0 Å². The molecule has 0 aliphatic rings. The maximum absolute atomic E-state index is 10.4. The Morgan fingerprint density at radius 1 is 1.70 bits per heavy atom. The molecule has 1 amide bonds. The topological polar surface area (TPSA) is 56.0 Å². The van der Waals surface area contributed by atoms with Crippen LogP contribution in [0.2, 0.25) is 0 Å². The van der Waals surface area contributed by atoms with Crippen molar-refractivity contribution in [2.45, 2.75) is 0 Å². The number of aromatic nitrogens is 1. The van der Waals surface area contributed by atoms with Gasteiger partial charge in [0.2, 0.25) is 5.91 Å². The first-order valence-electron chi connectivity index (χ1n) is 2.50. The summed E-state index contributed by atoms with van der Waals surface area (Å²) < 4.78 is 0. The van der Waals surface area contributed by atoms with Gasteiger partial charge in [0.1, 0.15) is 0 Å². The SMILES string of the molecule is NC(=O)c1cccnc1.[H-].[Na+]. The minimum Gasteiger partial charge on any atom is -1.00 e. The van der Waals surface area contributed by atoms with Crippen molar-refractivity contribution >= 4 is 5.91 Å². The van der Waals surface area contributed by atoms with Crippen molar-refractivity contribution in [1.82, 2.24) is 4.98 Å². The first-order chi connectivity index (χ1) is 4.30. The molecule has 48 valence electrons. The monoisotopic (exact) mass is 146 g/mol. The summed E-state index contributed by atoms with van der Waals surface area (Å²) in [5.74, 6) is -0.442. The number of pyridine rings is 1. The van der Waals surface area contributed by atoms with Crippen molar-refractivity contribution < 1.29 is 35.8 Å². The summed E-state index contributed by atoms with van der Waals surface area (Å²) in [5.41, 5.74) is 5.38. The molecule has 3 nitrogen and oxygen atoms in total. The maximum Gasteiger partial charge on any atom is 1.00 e. The molecule has 1 aromatic rings. The van der Waals surface area contributed by atoms with Crippen molar-refractivity contribution in [3.05, 3.63) is 30.1 Å². The van der Waals surface area contributed by atoms with E-state index in [1.165, 1.54) is 6.20 Å². The molecule has 4 heteroatoms. The molecule has 0 fully saturated rings. The fourth-order valence-electron chi connectivity index (χ4n) is 0.509. The number of rotatable bonds is 1. The number of nitrogens with zero attached hydrogens (tertiary/aromatic N) is 1. The van der Waals surface area contributed by atoms with Gasteiger partial charge >= 0.3 is 29.6 Å². The normalized spacial score (nSPS) is 8.00. The van der Waals surface area contributed by atoms with Crippen LogP contribution in [0, 0.1) is 0 Å². The molecule has 0 unspecified atom stereocenters. The van der Waals surface area contributed by atoms with E-state index in [0.717, 1.165) is 0 Å². The third-order valence-corrected chi connectivity index (χ3v) is 0.946. The van der Waals surface area contributed by atoms with Crippen LogP contribution in [0.5, 0.6) is 0 Å². The van der Waals surface area contributed by atoms with Crippen LogP contribution in [0.4, 0.5) is 0 Å². The van der Waals surface area contributed by atoms with Gasteiger partial charge in [-0.2, -0.15) is 0 Å². The van der Waals surface area contributed by atoms with E-state index in [0.29, 0.717) is 5.56 Å². The van der Waals surface area contributed by atoms with E-state index in [9.17, 15) is 4.79 Å². The minimum atomic E-state index is -0.442. The van der Waals surface area contributed by atoms with Gasteiger partial charge in [0, 0.05) is 12.4 Å². The van der Waals surface area contributed by atoms with Crippen LogP contribution in [-0.2, 0) is 0 Å². The molecule has 0 bridgehead atoms. The van der Waals surface area contributed by atoms with Crippen molar-refractivity contribution in [2.24, 2.45) is 5.73 Å². The van der Waals surface area contributed by atoms with Crippen molar-refractivity contribution in [3.63, 3.8) is 0 Å². The van der Waals surface area contributed by atoms with Gasteiger partial charge in [-0.05, 0) is 12.1 Å². The van der Waals surface area contributed by atoms with Gasteiger partial charge < -0.3 is 7.16 Å². The molecule has 1 aromatic heterocycles. The largest absolute Gasteiger partial charge is 1.00 e. The molecule has 0 radical (unpaired) electrons. The van der Waals surface area contributed by atoms with Crippen molar-refractivity contribution in [3.8, 4) is 0 Å². The summed E-state index contributed by atoms with van der Waals surface area (Å²) in [6.07, 6.45) is 3.02. The fourth-order valence-corrected chi connectivity index (χ4v) is 0.509. The third kappa shape index (κ3) is 2.47. The van der Waals surface area contributed by atoms with E-state index in [1.807, 2.05) is 0 Å². The number of hydrogen-bond donors (Lipinski definition) is 1. The first kappa shape index (κ1) is 9.62. The van der Waals surface area contributed by atoms with Gasteiger partial charge in [-0.3, -0.25) is 9.78 Å². The molecular formula is C6H7N2NaO. The second-order valence-corrected chi connectivity index (χ2v) is 1.61. The molecule has 0 saturated carbocycles. The molecule has 0 saturated heterocycles. The van der Waals surface area contributed by atoms with Crippen LogP contribution in [0.15, 0.2) is 24.5 Å². The first-order valence-corrected chi connectivity index (χ1v) is 2.50. The molecule has 0 aliphatic carbocycles. The smallest absolute Gasteiger partial charge is 1.00 e. The Balaban J connectivity index is 0. The van der Waals surface area contributed by atoms with Gasteiger partial charge in [-0.1, -0.05) is 0 Å². The van der Waals surface area contributed by atoms with Crippen molar-refractivity contribution in [1.29, 1.82) is 0 Å². The van der Waals surface area contributed by atoms with Gasteiger partial charge in [0.15, 0.2) is 0 Å². The van der Waals surface area contributed by atoms with E-state index in [2.05, 4.69) is 4.98 Å². The number of amides is 1. The summed E-state index contributed by atoms with van der Waals surface area (Å²) in [6, 6.07) is 3.29. The maximum atomic E-state index is 10.4. The van der Waals surface area contributed by atoms with Crippen LogP contribution < -0.4 is 35.3 Å². The zero-order valence-electron chi connectivity index (χ0n) is 6.74. The van der Waals surface area contributed by atoms with Gasteiger partial charge in [0.25, 0.3) is 0 Å². The zero-order valence-corrected chi connectivity index (χ0v) is 7.74. The Bertz CT molecular complexity index is 217. The molecule has 0 atom stereocenters. The Kier molecular flexibility index (Phi) is 4.27. The molecule has 2 N–H and O–H groups in total. The van der Waals surface area contributed by atoms with Gasteiger partial charge in [-0.15, -0.1) is 0 Å². The number of carbonyl (C=O) groups is 1. The van der Waals surface area contributed by atoms with Crippen LogP contribution in [0.25, 0.3) is 0 Å². The number of primary amides is 1. The number of nitrogens with two attached hydrogens (primary N) is 1. The van der Waals surface area contributed by atoms with E-state index in [-0.39, 0.29) is 31.0 Å². The zero-order chi connectivity index (χ0) is 6.69. The summed E-state index contributed by atoms with van der Waals surface area (Å²) in [5, 5.41) is 0. The van der Waals surface area contributed by atoms with E-state index < -0.39 is 5.91 Å². The van der Waals surface area contributed by atoms with Crippen LogP contribution >= 0.6 is 0 Å². The van der Waals surface area contributed by atoms with Gasteiger partial charge in [0.05, 0.1) is 5.56 Å². The Labute approximate surface area is 82.4 Å². The predicted octanol–water partition coefficient (Wildman–Crippen LogP) is -2.70. The Morgan fingerprint density at radius 3 is 2.70 bits per heavy atom. The second kappa shape index (κ2) is 4.44. The van der Waals surface area contributed by atoms with Crippen LogP contribution in [-0.4, -0.2) is 10.9 Å². The second-order valence-electron chi connectivity index (χ2n) is 1.61. The summed E-state index contributed by atoms with van der Waals surface area (Å²) in [4.78, 5) is 14.1. The molecule has 0 spiro atoms. The summed E-state index contributed by atoms with van der Waals surface area (Å²) in [6.45, 7) is 0. The fraction of sp³-hybridized carbons (Fsp3) is 0. The predicted molar refractivity (Wildman–Crippen MR) is 33.9 cm³/mol. The average molecular weight is 146 g/mol. The molecule has 1 rings (SSSR count). The number of hydrogen-bond acceptors (Lipinski definition) is 2. The molecule has 10 heavy (non-hydrogen) atoms.